The minimum atomic E-state index is -1.15. The highest BCUT2D eigenvalue weighted by atomic mass is 16.6. The first-order valence-electron chi connectivity index (χ1n) is 6.22. The van der Waals surface area contributed by atoms with Crippen LogP contribution in [0.2, 0.25) is 0 Å². The van der Waals surface area contributed by atoms with Gasteiger partial charge in [0.15, 0.2) is 0 Å². The summed E-state index contributed by atoms with van der Waals surface area (Å²) in [7, 11) is 0. The van der Waals surface area contributed by atoms with E-state index in [1.165, 1.54) is 24.3 Å². The summed E-state index contributed by atoms with van der Waals surface area (Å²) >= 11 is 0. The molecule has 1 aromatic carbocycles. The Kier molecular flexibility index (Phi) is 3.88. The Morgan fingerprint density at radius 3 is 2.48 bits per heavy atom. The van der Waals surface area contributed by atoms with Gasteiger partial charge in [-0.25, -0.2) is 9.59 Å². The maximum absolute atomic E-state index is 11.6. The highest BCUT2D eigenvalue weighted by Gasteiger charge is 2.32. The van der Waals surface area contributed by atoms with E-state index in [1.807, 2.05) is 0 Å². The summed E-state index contributed by atoms with van der Waals surface area (Å²) in [6.45, 7) is 1.73. The molecular formula is C13H13N3O5. The van der Waals surface area contributed by atoms with Gasteiger partial charge in [-0.2, -0.15) is 0 Å². The van der Waals surface area contributed by atoms with Crippen molar-refractivity contribution in [3.8, 4) is 0 Å². The number of rotatable bonds is 4. The van der Waals surface area contributed by atoms with Crippen LogP contribution in [0.1, 0.15) is 24.9 Å². The van der Waals surface area contributed by atoms with Gasteiger partial charge in [0.2, 0.25) is 0 Å². The van der Waals surface area contributed by atoms with E-state index in [-0.39, 0.29) is 11.3 Å². The highest BCUT2D eigenvalue weighted by molar-refractivity contribution is 5.93. The number of benzene rings is 1. The zero-order valence-electron chi connectivity index (χ0n) is 11.1. The average Bonchev–Trinajstić information content (AvgIpc) is 2.45. The number of nitrogens with one attached hydrogen (secondary N) is 2. The third kappa shape index (κ3) is 2.83. The quantitative estimate of drug-likeness (QED) is 0.575. The molecule has 0 aliphatic carbocycles. The Labute approximate surface area is 119 Å². The zero-order chi connectivity index (χ0) is 15.6. The van der Waals surface area contributed by atoms with E-state index in [9.17, 15) is 24.8 Å². The second-order valence-electron chi connectivity index (χ2n) is 4.43. The number of carbonyl (C=O) groups is 2. The van der Waals surface area contributed by atoms with Crippen LogP contribution in [-0.4, -0.2) is 22.0 Å². The number of carbonyl (C=O) groups excluding carboxylic acids is 1. The molecule has 1 heterocycles. The highest BCUT2D eigenvalue weighted by Crippen LogP contribution is 2.28. The molecule has 1 aliphatic heterocycles. The van der Waals surface area contributed by atoms with Crippen molar-refractivity contribution < 1.29 is 19.6 Å². The standard InChI is InChI=1S/C13H13N3O5/c1-2-9-10(12(17)18)11(15-13(19)14-9)7-3-5-8(6-4-7)16(20)21/h3-6,11H,2H2,1H3,(H,17,18)(H2,14,15,19). The number of allylic oxidation sites excluding steroid dienone is 1. The number of nitro benzene ring substituents is 1. The van der Waals surface area contributed by atoms with Crippen LogP contribution in [-0.2, 0) is 4.79 Å². The van der Waals surface area contributed by atoms with E-state index in [1.54, 1.807) is 6.92 Å². The normalized spacial score (nSPS) is 18.0. The maximum Gasteiger partial charge on any atom is 0.335 e. The molecule has 110 valence electrons. The molecule has 0 fully saturated rings. The van der Waals surface area contributed by atoms with Crippen molar-refractivity contribution in [3.05, 3.63) is 51.2 Å². The molecule has 2 rings (SSSR count). The molecule has 0 aromatic heterocycles. The fourth-order valence-corrected chi connectivity index (χ4v) is 2.19. The van der Waals surface area contributed by atoms with Gasteiger partial charge in [-0.05, 0) is 24.1 Å². The zero-order valence-corrected chi connectivity index (χ0v) is 11.1. The average molecular weight is 291 g/mol. The molecule has 2 amide bonds. The number of nitro groups is 1. The molecule has 8 heteroatoms. The fraction of sp³-hybridized carbons (Fsp3) is 0.231. The number of non-ortho nitro benzene ring substituents is 1. The number of hydrogen-bond acceptors (Lipinski definition) is 4. The SMILES string of the molecule is CCC1=C(C(=O)O)C(c2ccc([N+](=O)[O-])cc2)NC(=O)N1. The largest absolute Gasteiger partial charge is 0.478 e. The number of urea groups is 1. The monoisotopic (exact) mass is 291 g/mol. The molecule has 0 saturated carbocycles. The van der Waals surface area contributed by atoms with Crippen molar-refractivity contribution in [2.24, 2.45) is 0 Å². The van der Waals surface area contributed by atoms with Crippen molar-refractivity contribution >= 4 is 17.7 Å². The van der Waals surface area contributed by atoms with Crippen molar-refractivity contribution in [2.45, 2.75) is 19.4 Å². The molecule has 0 saturated heterocycles. The van der Waals surface area contributed by atoms with Crippen LogP contribution in [0, 0.1) is 10.1 Å². The van der Waals surface area contributed by atoms with Crippen molar-refractivity contribution in [1.29, 1.82) is 0 Å². The van der Waals surface area contributed by atoms with E-state index in [4.69, 9.17) is 0 Å². The van der Waals surface area contributed by atoms with Gasteiger partial charge in [0.25, 0.3) is 5.69 Å². The molecule has 0 radical (unpaired) electrons. The van der Waals surface area contributed by atoms with E-state index in [2.05, 4.69) is 10.6 Å². The van der Waals surface area contributed by atoms with Crippen molar-refractivity contribution in [2.75, 3.05) is 0 Å². The minimum absolute atomic E-state index is 0.0333. The van der Waals surface area contributed by atoms with Gasteiger partial charge in [-0.1, -0.05) is 6.92 Å². The summed E-state index contributed by atoms with van der Waals surface area (Å²) in [5.41, 5.74) is 0.731. The first-order chi connectivity index (χ1) is 9.93. The second kappa shape index (κ2) is 5.61. The van der Waals surface area contributed by atoms with Gasteiger partial charge in [0.1, 0.15) is 0 Å². The number of amides is 2. The smallest absolute Gasteiger partial charge is 0.335 e. The lowest BCUT2D eigenvalue weighted by Crippen LogP contribution is -2.45. The summed E-state index contributed by atoms with van der Waals surface area (Å²) in [4.78, 5) is 33.1. The predicted octanol–water partition coefficient (Wildman–Crippen LogP) is 1.70. The lowest BCUT2D eigenvalue weighted by molar-refractivity contribution is -0.384. The number of nitrogens with zero attached hydrogens (tertiary/aromatic N) is 1. The molecule has 0 bridgehead atoms. The van der Waals surface area contributed by atoms with E-state index < -0.39 is 23.0 Å². The molecule has 8 nitrogen and oxygen atoms in total. The third-order valence-corrected chi connectivity index (χ3v) is 3.17. The van der Waals surface area contributed by atoms with Crippen molar-refractivity contribution in [3.63, 3.8) is 0 Å². The summed E-state index contributed by atoms with van der Waals surface area (Å²) in [5.74, 6) is -1.15. The van der Waals surface area contributed by atoms with Crippen molar-refractivity contribution in [1.82, 2.24) is 10.6 Å². The lowest BCUT2D eigenvalue weighted by Gasteiger charge is -2.28. The molecule has 1 aromatic rings. The number of aliphatic carboxylic acids is 1. The Bertz CT molecular complexity index is 636. The van der Waals surface area contributed by atoms with Crippen LogP contribution in [0.3, 0.4) is 0 Å². The lowest BCUT2D eigenvalue weighted by atomic mass is 9.94. The number of carboxylic acids is 1. The third-order valence-electron chi connectivity index (χ3n) is 3.17. The first-order valence-corrected chi connectivity index (χ1v) is 6.22. The fourth-order valence-electron chi connectivity index (χ4n) is 2.19. The summed E-state index contributed by atoms with van der Waals surface area (Å²) in [5, 5.41) is 25.0. The minimum Gasteiger partial charge on any atom is -0.478 e. The molecule has 21 heavy (non-hydrogen) atoms. The number of carboxylic acid groups (broad SMARTS) is 1. The Morgan fingerprint density at radius 2 is 2.00 bits per heavy atom. The van der Waals surface area contributed by atoms with E-state index in [0.717, 1.165) is 0 Å². The van der Waals surface area contributed by atoms with Gasteiger partial charge in [-0.15, -0.1) is 0 Å². The Balaban J connectivity index is 2.46. The first kappa shape index (κ1) is 14.5. The summed E-state index contributed by atoms with van der Waals surface area (Å²) in [6, 6.07) is 4.07. The van der Waals surface area contributed by atoms with Crippen LogP contribution in [0.4, 0.5) is 10.5 Å². The van der Waals surface area contributed by atoms with Gasteiger partial charge < -0.3 is 15.7 Å². The molecular weight excluding hydrogens is 278 g/mol. The van der Waals surface area contributed by atoms with Crippen LogP contribution < -0.4 is 10.6 Å². The van der Waals surface area contributed by atoms with Gasteiger partial charge in [0.05, 0.1) is 16.5 Å². The van der Waals surface area contributed by atoms with Gasteiger partial charge in [0, 0.05) is 17.8 Å². The number of hydrogen-bond donors (Lipinski definition) is 3. The van der Waals surface area contributed by atoms with E-state index in [0.29, 0.717) is 17.7 Å². The molecule has 1 unspecified atom stereocenters. The molecule has 1 atom stereocenters. The Hall–Kier alpha value is -2.90. The second-order valence-corrected chi connectivity index (χ2v) is 4.43. The van der Waals surface area contributed by atoms with Gasteiger partial charge >= 0.3 is 12.0 Å². The van der Waals surface area contributed by atoms with Gasteiger partial charge in [-0.3, -0.25) is 10.1 Å². The Morgan fingerprint density at radius 1 is 1.38 bits per heavy atom. The van der Waals surface area contributed by atoms with Crippen LogP contribution in [0.25, 0.3) is 0 Å². The van der Waals surface area contributed by atoms with E-state index >= 15 is 0 Å². The van der Waals surface area contributed by atoms with Crippen LogP contribution in [0.5, 0.6) is 0 Å². The van der Waals surface area contributed by atoms with Crippen LogP contribution >= 0.6 is 0 Å². The summed E-state index contributed by atoms with van der Waals surface area (Å²) in [6.07, 6.45) is 0.360. The molecule has 3 N–H and O–H groups in total. The van der Waals surface area contributed by atoms with Crippen LogP contribution in [0.15, 0.2) is 35.5 Å². The molecule has 0 spiro atoms. The predicted molar refractivity (Wildman–Crippen MR) is 72.5 cm³/mol. The summed E-state index contributed by atoms with van der Waals surface area (Å²) < 4.78 is 0. The topological polar surface area (TPSA) is 122 Å². The maximum atomic E-state index is 11.6. The molecule has 1 aliphatic rings.